The lowest BCUT2D eigenvalue weighted by Gasteiger charge is -2.03. The molecule has 0 N–H and O–H groups in total. The molecular weight excluding hydrogens is 216 g/mol. The van der Waals surface area contributed by atoms with Gasteiger partial charge in [-0.15, -0.1) is 11.8 Å². The Bertz CT molecular complexity index is 505. The van der Waals surface area contributed by atoms with Crippen molar-refractivity contribution >= 4 is 28.8 Å². The van der Waals surface area contributed by atoms with E-state index in [0.29, 0.717) is 6.42 Å². The molecule has 0 heterocycles. The van der Waals surface area contributed by atoms with E-state index in [1.807, 2.05) is 17.8 Å². The van der Waals surface area contributed by atoms with Crippen molar-refractivity contribution in [2.24, 2.45) is 0 Å². The van der Waals surface area contributed by atoms with Crippen molar-refractivity contribution in [2.45, 2.75) is 18.2 Å². The molecule has 0 radical (unpaired) electrons. The van der Waals surface area contributed by atoms with Gasteiger partial charge in [-0.25, -0.2) is 0 Å². The van der Waals surface area contributed by atoms with Gasteiger partial charge in [-0.3, -0.25) is 0 Å². The molecule has 0 saturated carbocycles. The Labute approximate surface area is 99.9 Å². The molecule has 0 amide bonds. The van der Waals surface area contributed by atoms with Crippen LogP contribution in [0.5, 0.6) is 0 Å². The Morgan fingerprint density at radius 1 is 1.12 bits per heavy atom. The number of carbonyl (C=O) groups is 1. The standard InChI is InChI=1S/C14H14OS/c1-2-16-14-6-5-12-9-11(7-8-15)3-4-13(12)10-14/h3-6,8-10H,2,7H2,1H3. The number of hydrogen-bond acceptors (Lipinski definition) is 2. The van der Waals surface area contributed by atoms with E-state index in [2.05, 4.69) is 37.3 Å². The van der Waals surface area contributed by atoms with Crippen LogP contribution in [-0.2, 0) is 11.2 Å². The number of fused-ring (bicyclic) bond motifs is 1. The van der Waals surface area contributed by atoms with E-state index in [1.54, 1.807) is 0 Å². The molecule has 2 aromatic rings. The van der Waals surface area contributed by atoms with Crippen LogP contribution in [0.25, 0.3) is 10.8 Å². The minimum Gasteiger partial charge on any atom is -0.303 e. The lowest BCUT2D eigenvalue weighted by atomic mass is 10.1. The molecule has 0 aliphatic carbocycles. The van der Waals surface area contributed by atoms with Gasteiger partial charge in [-0.05, 0) is 34.2 Å². The number of hydrogen-bond donors (Lipinski definition) is 0. The molecule has 2 rings (SSSR count). The van der Waals surface area contributed by atoms with Gasteiger partial charge in [-0.1, -0.05) is 31.2 Å². The summed E-state index contributed by atoms with van der Waals surface area (Å²) in [6.07, 6.45) is 1.45. The number of aldehydes is 1. The minimum absolute atomic E-state index is 0.501. The average Bonchev–Trinajstić information content (AvgIpc) is 2.30. The topological polar surface area (TPSA) is 17.1 Å². The third kappa shape index (κ3) is 2.45. The van der Waals surface area contributed by atoms with Crippen molar-refractivity contribution in [3.8, 4) is 0 Å². The van der Waals surface area contributed by atoms with Gasteiger partial charge in [0.15, 0.2) is 0 Å². The molecule has 2 aromatic carbocycles. The molecule has 1 nitrogen and oxygen atoms in total. The van der Waals surface area contributed by atoms with Crippen LogP contribution in [-0.4, -0.2) is 12.0 Å². The highest BCUT2D eigenvalue weighted by Gasteiger charge is 1.98. The van der Waals surface area contributed by atoms with Gasteiger partial charge >= 0.3 is 0 Å². The summed E-state index contributed by atoms with van der Waals surface area (Å²) in [5, 5.41) is 2.45. The lowest BCUT2D eigenvalue weighted by molar-refractivity contribution is -0.107. The van der Waals surface area contributed by atoms with Crippen molar-refractivity contribution in [1.29, 1.82) is 0 Å². The molecule has 82 valence electrons. The van der Waals surface area contributed by atoms with Crippen LogP contribution in [0, 0.1) is 0 Å². The van der Waals surface area contributed by atoms with Crippen LogP contribution >= 0.6 is 11.8 Å². The quantitative estimate of drug-likeness (QED) is 0.588. The summed E-state index contributed by atoms with van der Waals surface area (Å²) in [4.78, 5) is 11.8. The van der Waals surface area contributed by atoms with Crippen LogP contribution in [0.2, 0.25) is 0 Å². The van der Waals surface area contributed by atoms with E-state index in [-0.39, 0.29) is 0 Å². The molecule has 0 atom stereocenters. The van der Waals surface area contributed by atoms with Crippen molar-refractivity contribution in [3.63, 3.8) is 0 Å². The normalized spacial score (nSPS) is 10.6. The van der Waals surface area contributed by atoms with Crippen molar-refractivity contribution in [2.75, 3.05) is 5.75 Å². The van der Waals surface area contributed by atoms with E-state index >= 15 is 0 Å². The van der Waals surface area contributed by atoms with Crippen molar-refractivity contribution in [3.05, 3.63) is 42.0 Å². The molecular formula is C14H14OS. The first-order chi connectivity index (χ1) is 7.83. The predicted molar refractivity (Wildman–Crippen MR) is 70.1 cm³/mol. The summed E-state index contributed by atoms with van der Waals surface area (Å²) in [7, 11) is 0. The Morgan fingerprint density at radius 2 is 1.88 bits per heavy atom. The number of thioether (sulfide) groups is 1. The van der Waals surface area contributed by atoms with Gasteiger partial charge in [0, 0.05) is 11.3 Å². The Hall–Kier alpha value is -1.28. The first-order valence-electron chi connectivity index (χ1n) is 5.42. The molecule has 0 fully saturated rings. The van der Waals surface area contributed by atoms with E-state index < -0.39 is 0 Å². The molecule has 0 unspecified atom stereocenters. The zero-order valence-corrected chi connectivity index (χ0v) is 10.1. The molecule has 0 saturated heterocycles. The van der Waals surface area contributed by atoms with E-state index in [1.165, 1.54) is 15.7 Å². The zero-order chi connectivity index (χ0) is 11.4. The van der Waals surface area contributed by atoms with Gasteiger partial charge in [0.25, 0.3) is 0 Å². The van der Waals surface area contributed by atoms with Crippen LogP contribution < -0.4 is 0 Å². The van der Waals surface area contributed by atoms with E-state index in [4.69, 9.17) is 0 Å². The number of carbonyl (C=O) groups excluding carboxylic acids is 1. The highest BCUT2D eigenvalue weighted by molar-refractivity contribution is 7.99. The van der Waals surface area contributed by atoms with Crippen LogP contribution in [0.1, 0.15) is 12.5 Å². The van der Waals surface area contributed by atoms with E-state index in [9.17, 15) is 4.79 Å². The zero-order valence-electron chi connectivity index (χ0n) is 9.27. The molecule has 2 heteroatoms. The molecule has 0 spiro atoms. The lowest BCUT2D eigenvalue weighted by Crippen LogP contribution is -1.85. The second-order valence-electron chi connectivity index (χ2n) is 3.65. The predicted octanol–water partition coefficient (Wildman–Crippen LogP) is 3.69. The summed E-state index contributed by atoms with van der Waals surface area (Å²) in [5.41, 5.74) is 1.08. The second kappa shape index (κ2) is 5.17. The number of benzene rings is 2. The van der Waals surface area contributed by atoms with Gasteiger partial charge in [0.05, 0.1) is 0 Å². The summed E-state index contributed by atoms with van der Waals surface area (Å²) in [6.45, 7) is 2.15. The highest BCUT2D eigenvalue weighted by Crippen LogP contribution is 2.24. The fraction of sp³-hybridized carbons (Fsp3) is 0.214. The molecule has 0 bridgehead atoms. The van der Waals surface area contributed by atoms with Gasteiger partial charge in [-0.2, -0.15) is 0 Å². The Balaban J connectivity index is 2.40. The fourth-order valence-electron chi connectivity index (χ4n) is 1.75. The van der Waals surface area contributed by atoms with Gasteiger partial charge in [0.1, 0.15) is 6.29 Å². The van der Waals surface area contributed by atoms with Crippen LogP contribution in [0.15, 0.2) is 41.3 Å². The second-order valence-corrected chi connectivity index (χ2v) is 4.98. The molecule has 0 aliphatic heterocycles. The monoisotopic (exact) mass is 230 g/mol. The van der Waals surface area contributed by atoms with Crippen LogP contribution in [0.3, 0.4) is 0 Å². The highest BCUT2D eigenvalue weighted by atomic mass is 32.2. The smallest absolute Gasteiger partial charge is 0.124 e. The first-order valence-corrected chi connectivity index (χ1v) is 6.41. The molecule has 0 aliphatic rings. The Kier molecular flexibility index (Phi) is 3.62. The summed E-state index contributed by atoms with van der Waals surface area (Å²) >= 11 is 1.85. The van der Waals surface area contributed by atoms with Crippen LogP contribution in [0.4, 0.5) is 0 Å². The van der Waals surface area contributed by atoms with E-state index in [0.717, 1.165) is 17.6 Å². The maximum atomic E-state index is 10.4. The SMILES string of the molecule is CCSc1ccc2cc(CC=O)ccc2c1. The summed E-state index contributed by atoms with van der Waals surface area (Å²) in [6, 6.07) is 12.7. The Morgan fingerprint density at radius 3 is 2.62 bits per heavy atom. The third-order valence-corrected chi connectivity index (χ3v) is 3.38. The summed E-state index contributed by atoms with van der Waals surface area (Å²) in [5.74, 6) is 1.09. The largest absolute Gasteiger partial charge is 0.303 e. The van der Waals surface area contributed by atoms with Crippen molar-refractivity contribution in [1.82, 2.24) is 0 Å². The fourth-order valence-corrected chi connectivity index (χ4v) is 2.46. The average molecular weight is 230 g/mol. The molecule has 0 aromatic heterocycles. The van der Waals surface area contributed by atoms with Crippen molar-refractivity contribution < 1.29 is 4.79 Å². The number of rotatable bonds is 4. The molecule has 16 heavy (non-hydrogen) atoms. The summed E-state index contributed by atoms with van der Waals surface area (Å²) < 4.78 is 0. The van der Waals surface area contributed by atoms with Gasteiger partial charge < -0.3 is 4.79 Å². The first kappa shape index (κ1) is 11.2. The maximum absolute atomic E-state index is 10.4. The minimum atomic E-state index is 0.501. The maximum Gasteiger partial charge on any atom is 0.124 e. The third-order valence-electron chi connectivity index (χ3n) is 2.51. The van der Waals surface area contributed by atoms with Gasteiger partial charge in [0.2, 0.25) is 0 Å².